The van der Waals surface area contributed by atoms with E-state index in [4.69, 9.17) is 0 Å². The van der Waals surface area contributed by atoms with Gasteiger partial charge in [-0.1, -0.05) is 18.2 Å². The quantitative estimate of drug-likeness (QED) is 0.835. The molecule has 0 saturated carbocycles. The van der Waals surface area contributed by atoms with Gasteiger partial charge in [-0.15, -0.1) is 0 Å². The number of likely N-dealkylation sites (tertiary alicyclic amines) is 1. The van der Waals surface area contributed by atoms with Crippen LogP contribution in [0.25, 0.3) is 0 Å². The van der Waals surface area contributed by atoms with Gasteiger partial charge in [0.15, 0.2) is 0 Å². The van der Waals surface area contributed by atoms with Gasteiger partial charge >= 0.3 is 0 Å². The number of rotatable bonds is 5. The summed E-state index contributed by atoms with van der Waals surface area (Å²) in [5, 5.41) is 11.9. The predicted molar refractivity (Wildman–Crippen MR) is 75.2 cm³/mol. The van der Waals surface area contributed by atoms with Crippen LogP contribution >= 0.6 is 0 Å². The van der Waals surface area contributed by atoms with E-state index in [1.165, 1.54) is 0 Å². The lowest BCUT2D eigenvalue weighted by Crippen LogP contribution is -2.39. The summed E-state index contributed by atoms with van der Waals surface area (Å²) in [4.78, 5) is 25.5. The Morgan fingerprint density at radius 1 is 1.30 bits per heavy atom. The van der Waals surface area contributed by atoms with E-state index < -0.39 is 0 Å². The van der Waals surface area contributed by atoms with Gasteiger partial charge < -0.3 is 15.3 Å². The second-order valence-corrected chi connectivity index (χ2v) is 4.94. The molecule has 1 fully saturated rings. The van der Waals surface area contributed by atoms with E-state index in [0.717, 1.165) is 12.8 Å². The van der Waals surface area contributed by atoms with Crippen molar-refractivity contribution in [2.45, 2.75) is 25.3 Å². The molecule has 0 radical (unpaired) electrons. The number of nitrogens with zero attached hydrogens (tertiary/aromatic N) is 1. The van der Waals surface area contributed by atoms with Gasteiger partial charge in [0.25, 0.3) is 5.91 Å². The number of aliphatic hydroxyl groups excluding tert-OH is 1. The number of amides is 2. The highest BCUT2D eigenvalue weighted by Gasteiger charge is 2.27. The highest BCUT2D eigenvalue weighted by molar-refractivity contribution is 5.94. The van der Waals surface area contributed by atoms with Crippen LogP contribution in [0.2, 0.25) is 0 Å². The number of aliphatic hydroxyl groups is 1. The number of carbonyl (C=O) groups excluding carboxylic acids is 2. The topological polar surface area (TPSA) is 69.6 Å². The molecule has 1 aromatic rings. The van der Waals surface area contributed by atoms with Crippen LogP contribution < -0.4 is 5.32 Å². The molecule has 1 aromatic carbocycles. The monoisotopic (exact) mass is 276 g/mol. The Labute approximate surface area is 118 Å². The zero-order valence-corrected chi connectivity index (χ0v) is 11.4. The number of hydrogen-bond acceptors (Lipinski definition) is 3. The first kappa shape index (κ1) is 14.5. The summed E-state index contributed by atoms with van der Waals surface area (Å²) < 4.78 is 0. The van der Waals surface area contributed by atoms with Crippen molar-refractivity contribution in [3.63, 3.8) is 0 Å². The van der Waals surface area contributed by atoms with Crippen LogP contribution in [-0.4, -0.2) is 47.6 Å². The molecule has 1 unspecified atom stereocenters. The lowest BCUT2D eigenvalue weighted by molar-refractivity contribution is -0.132. The van der Waals surface area contributed by atoms with E-state index >= 15 is 0 Å². The van der Waals surface area contributed by atoms with Gasteiger partial charge in [-0.25, -0.2) is 0 Å². The molecule has 1 heterocycles. The van der Waals surface area contributed by atoms with Crippen LogP contribution in [0.1, 0.15) is 29.6 Å². The third-order valence-corrected chi connectivity index (χ3v) is 3.57. The van der Waals surface area contributed by atoms with Crippen LogP contribution in [0.4, 0.5) is 0 Å². The van der Waals surface area contributed by atoms with Gasteiger partial charge in [-0.2, -0.15) is 0 Å². The van der Waals surface area contributed by atoms with Crippen molar-refractivity contribution < 1.29 is 14.7 Å². The van der Waals surface area contributed by atoms with Crippen molar-refractivity contribution in [2.24, 2.45) is 0 Å². The maximum Gasteiger partial charge on any atom is 0.251 e. The maximum atomic E-state index is 12.0. The van der Waals surface area contributed by atoms with E-state index in [2.05, 4.69) is 5.32 Å². The van der Waals surface area contributed by atoms with Crippen LogP contribution in [0.3, 0.4) is 0 Å². The van der Waals surface area contributed by atoms with Crippen molar-refractivity contribution >= 4 is 11.8 Å². The highest BCUT2D eigenvalue weighted by Crippen LogP contribution is 2.17. The summed E-state index contributed by atoms with van der Waals surface area (Å²) in [6.07, 6.45) is 2.07. The Balaban J connectivity index is 1.76. The fraction of sp³-hybridized carbons (Fsp3) is 0.467. The normalized spacial score (nSPS) is 18.1. The van der Waals surface area contributed by atoms with Gasteiger partial charge in [0.05, 0.1) is 12.6 Å². The fourth-order valence-corrected chi connectivity index (χ4v) is 2.47. The largest absolute Gasteiger partial charge is 0.394 e. The minimum absolute atomic E-state index is 0.00471. The summed E-state index contributed by atoms with van der Waals surface area (Å²) in [5.74, 6) is -0.173. The molecule has 1 aliphatic rings. The predicted octanol–water partition coefficient (Wildman–Crippen LogP) is 0.790. The molecule has 2 N–H and O–H groups in total. The molecule has 2 amide bonds. The molecule has 0 aromatic heterocycles. The summed E-state index contributed by atoms with van der Waals surface area (Å²) in [6, 6.07) is 8.88. The van der Waals surface area contributed by atoms with E-state index in [0.29, 0.717) is 18.7 Å². The second-order valence-electron chi connectivity index (χ2n) is 4.94. The summed E-state index contributed by atoms with van der Waals surface area (Å²) >= 11 is 0. The number of carbonyl (C=O) groups is 2. The Hall–Kier alpha value is -1.88. The average Bonchev–Trinajstić information content (AvgIpc) is 2.96. The van der Waals surface area contributed by atoms with Gasteiger partial charge in [0, 0.05) is 25.1 Å². The van der Waals surface area contributed by atoms with Crippen molar-refractivity contribution in [3.05, 3.63) is 35.9 Å². The van der Waals surface area contributed by atoms with E-state index in [-0.39, 0.29) is 30.9 Å². The van der Waals surface area contributed by atoms with Crippen molar-refractivity contribution in [2.75, 3.05) is 19.7 Å². The van der Waals surface area contributed by atoms with Crippen LogP contribution in [-0.2, 0) is 4.79 Å². The minimum Gasteiger partial charge on any atom is -0.394 e. The SMILES string of the molecule is O=C(NCCC(=O)N1CCCC1CO)c1ccccc1. The molecular weight excluding hydrogens is 256 g/mol. The van der Waals surface area contributed by atoms with Crippen molar-refractivity contribution in [1.82, 2.24) is 10.2 Å². The average molecular weight is 276 g/mol. The Morgan fingerprint density at radius 2 is 2.05 bits per heavy atom. The van der Waals surface area contributed by atoms with Crippen LogP contribution in [0.15, 0.2) is 30.3 Å². The third-order valence-electron chi connectivity index (χ3n) is 3.57. The summed E-state index contributed by atoms with van der Waals surface area (Å²) in [7, 11) is 0. The molecule has 108 valence electrons. The molecule has 0 bridgehead atoms. The molecule has 1 aliphatic heterocycles. The van der Waals surface area contributed by atoms with Gasteiger partial charge in [-0.3, -0.25) is 9.59 Å². The number of nitrogens with one attached hydrogen (secondary N) is 1. The zero-order chi connectivity index (χ0) is 14.4. The molecule has 5 nitrogen and oxygen atoms in total. The highest BCUT2D eigenvalue weighted by atomic mass is 16.3. The standard InChI is InChI=1S/C15H20N2O3/c18-11-13-7-4-10-17(13)14(19)8-9-16-15(20)12-5-2-1-3-6-12/h1-3,5-6,13,18H,4,7-11H2,(H,16,20). The first-order valence-corrected chi connectivity index (χ1v) is 6.96. The smallest absolute Gasteiger partial charge is 0.251 e. The first-order valence-electron chi connectivity index (χ1n) is 6.96. The minimum atomic E-state index is -0.168. The Morgan fingerprint density at radius 3 is 2.75 bits per heavy atom. The molecule has 2 rings (SSSR count). The lowest BCUT2D eigenvalue weighted by Gasteiger charge is -2.23. The zero-order valence-electron chi connectivity index (χ0n) is 11.4. The molecule has 1 atom stereocenters. The fourth-order valence-electron chi connectivity index (χ4n) is 2.47. The molecule has 0 spiro atoms. The number of hydrogen-bond donors (Lipinski definition) is 2. The molecular formula is C15H20N2O3. The van der Waals surface area contributed by atoms with E-state index in [1.54, 1.807) is 29.2 Å². The van der Waals surface area contributed by atoms with E-state index in [1.807, 2.05) is 6.07 Å². The van der Waals surface area contributed by atoms with Gasteiger partial charge in [0.2, 0.25) is 5.91 Å². The van der Waals surface area contributed by atoms with E-state index in [9.17, 15) is 14.7 Å². The first-order chi connectivity index (χ1) is 9.72. The third kappa shape index (κ3) is 3.57. The van der Waals surface area contributed by atoms with Crippen molar-refractivity contribution in [3.8, 4) is 0 Å². The molecule has 5 heteroatoms. The Bertz CT molecular complexity index is 461. The van der Waals surface area contributed by atoms with Crippen LogP contribution in [0.5, 0.6) is 0 Å². The summed E-state index contributed by atoms with van der Waals surface area (Å²) in [5.41, 5.74) is 0.592. The summed E-state index contributed by atoms with van der Waals surface area (Å²) in [6.45, 7) is 1.04. The molecule has 0 aliphatic carbocycles. The van der Waals surface area contributed by atoms with Gasteiger partial charge in [-0.05, 0) is 25.0 Å². The number of benzene rings is 1. The lowest BCUT2D eigenvalue weighted by atomic mass is 10.2. The second kappa shape index (κ2) is 7.05. The molecule has 20 heavy (non-hydrogen) atoms. The molecule has 1 saturated heterocycles. The Kier molecular flexibility index (Phi) is 5.12. The van der Waals surface area contributed by atoms with Crippen LogP contribution in [0, 0.1) is 0 Å². The van der Waals surface area contributed by atoms with Gasteiger partial charge in [0.1, 0.15) is 0 Å². The van der Waals surface area contributed by atoms with Crippen molar-refractivity contribution in [1.29, 1.82) is 0 Å². The maximum absolute atomic E-state index is 12.0.